The number of imidazole rings is 1. The summed E-state index contributed by atoms with van der Waals surface area (Å²) in [4.78, 5) is 16.8. The minimum atomic E-state index is 0.719. The van der Waals surface area contributed by atoms with Crippen LogP contribution < -0.4 is 4.90 Å². The Morgan fingerprint density at radius 2 is 1.85 bits per heavy atom. The summed E-state index contributed by atoms with van der Waals surface area (Å²) in [5.41, 5.74) is 1.44. The molecule has 5 heterocycles. The number of piperazine rings is 1. The lowest BCUT2D eigenvalue weighted by Gasteiger charge is -2.48. The first kappa shape index (κ1) is 16.3. The Bertz CT molecular complexity index is 728. The Hall–Kier alpha value is -1.92. The lowest BCUT2D eigenvalue weighted by molar-refractivity contribution is 0.0232. The summed E-state index contributed by atoms with van der Waals surface area (Å²) in [6.07, 6.45) is 7.82. The fraction of sp³-hybridized carbons (Fsp3) is 0.600. The average molecular weight is 352 g/mol. The molecular formula is C20H28N6. The Balaban J connectivity index is 1.11. The van der Waals surface area contributed by atoms with E-state index in [2.05, 4.69) is 42.6 Å². The molecule has 138 valence electrons. The van der Waals surface area contributed by atoms with Crippen molar-refractivity contribution in [3.8, 4) is 0 Å². The zero-order valence-corrected chi connectivity index (χ0v) is 15.4. The third kappa shape index (κ3) is 3.12. The maximum absolute atomic E-state index is 4.69. The highest BCUT2D eigenvalue weighted by molar-refractivity contribution is 5.38. The van der Waals surface area contributed by atoms with Crippen molar-refractivity contribution in [3.05, 3.63) is 42.1 Å². The van der Waals surface area contributed by atoms with Crippen LogP contribution in [0.4, 0.5) is 5.82 Å². The first-order valence-corrected chi connectivity index (χ1v) is 10.0. The molecule has 0 aliphatic carbocycles. The van der Waals surface area contributed by atoms with Crippen molar-refractivity contribution in [2.75, 3.05) is 44.2 Å². The van der Waals surface area contributed by atoms with Crippen LogP contribution in [0, 0.1) is 0 Å². The molecule has 26 heavy (non-hydrogen) atoms. The molecule has 0 aromatic carbocycles. The second-order valence-corrected chi connectivity index (χ2v) is 7.83. The van der Waals surface area contributed by atoms with Crippen LogP contribution in [-0.2, 0) is 19.5 Å². The SMILES string of the molecule is c1ccc(N2CCN(C3CN(Cc4ncc5n4CCCC5)C3)CC2)nc1. The number of aromatic nitrogens is 3. The molecule has 0 radical (unpaired) electrons. The van der Waals surface area contributed by atoms with E-state index in [1.807, 2.05) is 12.3 Å². The summed E-state index contributed by atoms with van der Waals surface area (Å²) < 4.78 is 2.46. The molecule has 0 amide bonds. The lowest BCUT2D eigenvalue weighted by atomic mass is 10.1. The third-order valence-corrected chi connectivity index (χ3v) is 6.19. The first-order chi connectivity index (χ1) is 12.9. The Kier molecular flexibility index (Phi) is 4.38. The van der Waals surface area contributed by atoms with E-state index >= 15 is 0 Å². The molecule has 0 atom stereocenters. The van der Waals surface area contributed by atoms with E-state index in [0.29, 0.717) is 0 Å². The van der Waals surface area contributed by atoms with Crippen LogP contribution in [0.2, 0.25) is 0 Å². The highest BCUT2D eigenvalue weighted by Gasteiger charge is 2.34. The summed E-state index contributed by atoms with van der Waals surface area (Å²) in [5.74, 6) is 2.39. The normalized spacial score (nSPS) is 22.2. The van der Waals surface area contributed by atoms with Crippen LogP contribution in [0.25, 0.3) is 0 Å². The number of nitrogens with zero attached hydrogens (tertiary/aromatic N) is 6. The number of hydrogen-bond donors (Lipinski definition) is 0. The second-order valence-electron chi connectivity index (χ2n) is 7.83. The Labute approximate surface area is 155 Å². The standard InChI is InChI=1S/C20H28N6/c1-3-7-21-19(6-1)25-11-9-24(10-12-25)18-14-23(15-18)16-20-22-13-17-5-2-4-8-26(17)20/h1,3,6-7,13,18H,2,4-5,8-12,14-16H2. The van der Waals surface area contributed by atoms with E-state index in [1.165, 1.54) is 43.9 Å². The van der Waals surface area contributed by atoms with Gasteiger partial charge in [-0.3, -0.25) is 9.80 Å². The molecule has 2 fully saturated rings. The molecule has 0 saturated carbocycles. The number of fused-ring (bicyclic) bond motifs is 1. The fourth-order valence-electron chi connectivity index (χ4n) is 4.59. The number of rotatable bonds is 4. The van der Waals surface area contributed by atoms with Gasteiger partial charge in [0, 0.05) is 69.9 Å². The number of pyridine rings is 1. The lowest BCUT2D eigenvalue weighted by Crippen LogP contribution is -2.62. The molecule has 3 aliphatic heterocycles. The van der Waals surface area contributed by atoms with Crippen molar-refractivity contribution >= 4 is 5.82 Å². The number of likely N-dealkylation sites (tertiary alicyclic amines) is 1. The van der Waals surface area contributed by atoms with E-state index in [4.69, 9.17) is 4.98 Å². The van der Waals surface area contributed by atoms with Gasteiger partial charge in [0.15, 0.2) is 0 Å². The monoisotopic (exact) mass is 352 g/mol. The van der Waals surface area contributed by atoms with Crippen molar-refractivity contribution in [2.45, 2.75) is 38.4 Å². The highest BCUT2D eigenvalue weighted by atomic mass is 15.4. The zero-order chi connectivity index (χ0) is 17.3. The van der Waals surface area contributed by atoms with E-state index < -0.39 is 0 Å². The Morgan fingerprint density at radius 3 is 2.65 bits per heavy atom. The molecule has 3 aliphatic rings. The van der Waals surface area contributed by atoms with Crippen molar-refractivity contribution in [1.82, 2.24) is 24.3 Å². The van der Waals surface area contributed by atoms with Gasteiger partial charge in [-0.05, 0) is 31.4 Å². The molecule has 2 aromatic rings. The topological polar surface area (TPSA) is 40.4 Å². The minimum absolute atomic E-state index is 0.719. The molecule has 6 heteroatoms. The fourth-order valence-corrected chi connectivity index (χ4v) is 4.59. The van der Waals surface area contributed by atoms with Gasteiger partial charge in [0.1, 0.15) is 11.6 Å². The molecule has 5 rings (SSSR count). The summed E-state index contributed by atoms with van der Waals surface area (Å²) in [6.45, 7) is 9.02. The van der Waals surface area contributed by atoms with Gasteiger partial charge in [-0.25, -0.2) is 9.97 Å². The second kappa shape index (κ2) is 7.00. The average Bonchev–Trinajstić information content (AvgIpc) is 3.08. The van der Waals surface area contributed by atoms with Crippen molar-refractivity contribution in [3.63, 3.8) is 0 Å². The third-order valence-electron chi connectivity index (χ3n) is 6.19. The summed E-state index contributed by atoms with van der Waals surface area (Å²) in [7, 11) is 0. The Morgan fingerprint density at radius 1 is 0.962 bits per heavy atom. The van der Waals surface area contributed by atoms with Gasteiger partial charge in [0.05, 0.1) is 6.54 Å². The van der Waals surface area contributed by atoms with Gasteiger partial charge < -0.3 is 9.47 Å². The quantitative estimate of drug-likeness (QED) is 0.836. The largest absolute Gasteiger partial charge is 0.354 e. The molecular weight excluding hydrogens is 324 g/mol. The highest BCUT2D eigenvalue weighted by Crippen LogP contribution is 2.23. The zero-order valence-electron chi connectivity index (χ0n) is 15.4. The molecule has 6 nitrogen and oxygen atoms in total. The maximum atomic E-state index is 4.69. The van der Waals surface area contributed by atoms with Gasteiger partial charge in [0.2, 0.25) is 0 Å². The van der Waals surface area contributed by atoms with Crippen LogP contribution in [0.3, 0.4) is 0 Å². The first-order valence-electron chi connectivity index (χ1n) is 10.0. The van der Waals surface area contributed by atoms with Crippen molar-refractivity contribution in [2.24, 2.45) is 0 Å². The van der Waals surface area contributed by atoms with Gasteiger partial charge in [-0.1, -0.05) is 6.07 Å². The number of aryl methyl sites for hydroxylation is 1. The number of hydrogen-bond acceptors (Lipinski definition) is 5. The van der Waals surface area contributed by atoms with Gasteiger partial charge in [0.25, 0.3) is 0 Å². The van der Waals surface area contributed by atoms with Gasteiger partial charge in [-0.2, -0.15) is 0 Å². The van der Waals surface area contributed by atoms with Crippen LogP contribution in [0.15, 0.2) is 30.6 Å². The molecule has 2 aromatic heterocycles. The molecule has 0 spiro atoms. The van der Waals surface area contributed by atoms with Crippen molar-refractivity contribution < 1.29 is 0 Å². The van der Waals surface area contributed by atoms with Crippen LogP contribution >= 0.6 is 0 Å². The summed E-state index contributed by atoms with van der Waals surface area (Å²) >= 11 is 0. The smallest absolute Gasteiger partial charge is 0.128 e. The van der Waals surface area contributed by atoms with Crippen LogP contribution in [0.1, 0.15) is 24.4 Å². The predicted molar refractivity (Wildman–Crippen MR) is 102 cm³/mol. The van der Waals surface area contributed by atoms with Crippen LogP contribution in [-0.4, -0.2) is 69.6 Å². The summed E-state index contributed by atoms with van der Waals surface area (Å²) in [5, 5.41) is 0. The van der Waals surface area contributed by atoms with Gasteiger partial charge in [-0.15, -0.1) is 0 Å². The van der Waals surface area contributed by atoms with E-state index in [0.717, 1.165) is 51.1 Å². The minimum Gasteiger partial charge on any atom is -0.354 e. The van der Waals surface area contributed by atoms with E-state index in [9.17, 15) is 0 Å². The molecule has 2 saturated heterocycles. The molecule has 0 N–H and O–H groups in total. The van der Waals surface area contributed by atoms with Crippen LogP contribution in [0.5, 0.6) is 0 Å². The van der Waals surface area contributed by atoms with E-state index in [1.54, 1.807) is 0 Å². The summed E-state index contributed by atoms with van der Waals surface area (Å²) in [6, 6.07) is 6.90. The van der Waals surface area contributed by atoms with Gasteiger partial charge >= 0.3 is 0 Å². The molecule has 0 bridgehead atoms. The van der Waals surface area contributed by atoms with Crippen molar-refractivity contribution in [1.29, 1.82) is 0 Å². The molecule has 0 unspecified atom stereocenters. The van der Waals surface area contributed by atoms with E-state index in [-0.39, 0.29) is 0 Å². The number of anilines is 1. The predicted octanol–water partition coefficient (Wildman–Crippen LogP) is 1.62. The maximum Gasteiger partial charge on any atom is 0.128 e.